The van der Waals surface area contributed by atoms with Crippen molar-refractivity contribution in [3.8, 4) is 5.75 Å². The van der Waals surface area contributed by atoms with E-state index in [0.29, 0.717) is 23.9 Å². The molecule has 1 atom stereocenters. The smallest absolute Gasteiger partial charge is 0.302 e. The first kappa shape index (κ1) is 13.0. The van der Waals surface area contributed by atoms with E-state index in [4.69, 9.17) is 4.74 Å². The normalized spacial score (nSPS) is 12.1. The molecule has 0 spiro atoms. The first-order chi connectivity index (χ1) is 7.63. The van der Waals surface area contributed by atoms with Crippen LogP contribution in [0.25, 0.3) is 0 Å². The van der Waals surface area contributed by atoms with E-state index in [2.05, 4.69) is 15.9 Å². The Hall–Kier alpha value is -1.03. The zero-order chi connectivity index (χ0) is 12.0. The third-order valence-corrected chi connectivity index (χ3v) is 2.95. The SMILES string of the molecule is CC(=O)OC(CBr)CCc1ccccc1O. The van der Waals surface area contributed by atoms with Gasteiger partial charge in [-0.15, -0.1) is 0 Å². The monoisotopic (exact) mass is 286 g/mol. The lowest BCUT2D eigenvalue weighted by Crippen LogP contribution is -2.18. The van der Waals surface area contributed by atoms with E-state index in [1.165, 1.54) is 6.92 Å². The van der Waals surface area contributed by atoms with Gasteiger partial charge in [-0.1, -0.05) is 34.1 Å². The molecule has 88 valence electrons. The summed E-state index contributed by atoms with van der Waals surface area (Å²) in [6.07, 6.45) is 1.25. The predicted molar refractivity (Wildman–Crippen MR) is 65.8 cm³/mol. The maximum absolute atomic E-state index is 10.8. The molecule has 4 heteroatoms. The summed E-state index contributed by atoms with van der Waals surface area (Å²) in [7, 11) is 0. The summed E-state index contributed by atoms with van der Waals surface area (Å²) >= 11 is 3.30. The standard InChI is InChI=1S/C12H15BrO3/c1-9(14)16-11(8-13)7-6-10-4-2-3-5-12(10)15/h2-5,11,15H,6-8H2,1H3. The number of para-hydroxylation sites is 1. The molecule has 1 aromatic carbocycles. The highest BCUT2D eigenvalue weighted by Gasteiger charge is 2.11. The van der Waals surface area contributed by atoms with Crippen LogP contribution >= 0.6 is 15.9 Å². The molecular formula is C12H15BrO3. The number of aromatic hydroxyl groups is 1. The van der Waals surface area contributed by atoms with E-state index >= 15 is 0 Å². The van der Waals surface area contributed by atoms with Crippen molar-refractivity contribution in [1.82, 2.24) is 0 Å². The Morgan fingerprint density at radius 1 is 1.50 bits per heavy atom. The molecule has 1 unspecified atom stereocenters. The summed E-state index contributed by atoms with van der Waals surface area (Å²) in [6.45, 7) is 1.40. The number of alkyl halides is 1. The maximum Gasteiger partial charge on any atom is 0.302 e. The number of carbonyl (C=O) groups excluding carboxylic acids is 1. The van der Waals surface area contributed by atoms with Crippen molar-refractivity contribution in [3.05, 3.63) is 29.8 Å². The molecule has 1 rings (SSSR count). The first-order valence-corrected chi connectivity index (χ1v) is 6.25. The molecule has 0 aliphatic heterocycles. The molecule has 0 aromatic heterocycles. The summed E-state index contributed by atoms with van der Waals surface area (Å²) in [4.78, 5) is 10.8. The van der Waals surface area contributed by atoms with Crippen LogP contribution in [0.4, 0.5) is 0 Å². The van der Waals surface area contributed by atoms with Crippen molar-refractivity contribution in [2.75, 3.05) is 5.33 Å². The number of aryl methyl sites for hydroxylation is 1. The second kappa shape index (κ2) is 6.53. The molecular weight excluding hydrogens is 272 g/mol. The van der Waals surface area contributed by atoms with E-state index in [0.717, 1.165) is 5.56 Å². The van der Waals surface area contributed by atoms with Crippen molar-refractivity contribution < 1.29 is 14.6 Å². The Morgan fingerprint density at radius 3 is 2.75 bits per heavy atom. The van der Waals surface area contributed by atoms with Crippen LogP contribution in [0.15, 0.2) is 24.3 Å². The number of carbonyl (C=O) groups is 1. The average Bonchev–Trinajstić information content (AvgIpc) is 2.25. The number of ether oxygens (including phenoxy) is 1. The van der Waals surface area contributed by atoms with Gasteiger partial charge in [0.25, 0.3) is 0 Å². The van der Waals surface area contributed by atoms with Crippen LogP contribution in [0.1, 0.15) is 18.9 Å². The largest absolute Gasteiger partial charge is 0.508 e. The van der Waals surface area contributed by atoms with Gasteiger partial charge in [-0.2, -0.15) is 0 Å². The fourth-order valence-corrected chi connectivity index (χ4v) is 1.90. The fraction of sp³-hybridized carbons (Fsp3) is 0.417. The van der Waals surface area contributed by atoms with Gasteiger partial charge in [0.05, 0.1) is 0 Å². The number of esters is 1. The van der Waals surface area contributed by atoms with Gasteiger partial charge in [0.15, 0.2) is 0 Å². The number of benzene rings is 1. The van der Waals surface area contributed by atoms with Crippen LogP contribution in [-0.2, 0) is 16.0 Å². The van der Waals surface area contributed by atoms with Crippen molar-refractivity contribution >= 4 is 21.9 Å². The van der Waals surface area contributed by atoms with E-state index in [1.807, 2.05) is 12.1 Å². The highest BCUT2D eigenvalue weighted by atomic mass is 79.9. The molecule has 0 aliphatic carbocycles. The Bertz CT molecular complexity index is 352. The molecule has 0 saturated heterocycles. The van der Waals surface area contributed by atoms with Gasteiger partial charge in [-0.3, -0.25) is 4.79 Å². The van der Waals surface area contributed by atoms with E-state index in [9.17, 15) is 9.90 Å². The minimum absolute atomic E-state index is 0.142. The Labute approximate surface area is 104 Å². The summed E-state index contributed by atoms with van der Waals surface area (Å²) in [6, 6.07) is 7.19. The van der Waals surface area contributed by atoms with E-state index in [1.54, 1.807) is 12.1 Å². The Kier molecular flexibility index (Phi) is 5.32. The molecule has 0 radical (unpaired) electrons. The second-order valence-corrected chi connectivity index (χ2v) is 4.20. The van der Waals surface area contributed by atoms with Gasteiger partial charge in [0.1, 0.15) is 11.9 Å². The molecule has 3 nitrogen and oxygen atoms in total. The number of halogens is 1. The van der Waals surface area contributed by atoms with Gasteiger partial charge < -0.3 is 9.84 Å². The second-order valence-electron chi connectivity index (χ2n) is 3.55. The third kappa shape index (κ3) is 4.23. The highest BCUT2D eigenvalue weighted by Crippen LogP contribution is 2.19. The van der Waals surface area contributed by atoms with Crippen LogP contribution in [0.3, 0.4) is 0 Å². The van der Waals surface area contributed by atoms with Crippen LogP contribution in [0, 0.1) is 0 Å². The van der Waals surface area contributed by atoms with Crippen LogP contribution in [-0.4, -0.2) is 22.5 Å². The molecule has 1 N–H and O–H groups in total. The quantitative estimate of drug-likeness (QED) is 0.669. The molecule has 0 saturated carbocycles. The lowest BCUT2D eigenvalue weighted by atomic mass is 10.1. The van der Waals surface area contributed by atoms with Gasteiger partial charge in [-0.05, 0) is 24.5 Å². The zero-order valence-corrected chi connectivity index (χ0v) is 10.7. The van der Waals surface area contributed by atoms with Gasteiger partial charge in [0.2, 0.25) is 0 Å². The minimum Gasteiger partial charge on any atom is -0.508 e. The van der Waals surface area contributed by atoms with Crippen LogP contribution in [0.2, 0.25) is 0 Å². The number of hydrogen-bond donors (Lipinski definition) is 1. The minimum atomic E-state index is -0.276. The van der Waals surface area contributed by atoms with Crippen LogP contribution in [0.5, 0.6) is 5.75 Å². The average molecular weight is 287 g/mol. The van der Waals surface area contributed by atoms with Crippen molar-refractivity contribution in [3.63, 3.8) is 0 Å². The Balaban J connectivity index is 2.49. The van der Waals surface area contributed by atoms with Crippen LogP contribution < -0.4 is 0 Å². The molecule has 0 amide bonds. The first-order valence-electron chi connectivity index (χ1n) is 5.13. The lowest BCUT2D eigenvalue weighted by Gasteiger charge is -2.14. The summed E-state index contributed by atoms with van der Waals surface area (Å²) < 4.78 is 5.09. The Morgan fingerprint density at radius 2 is 2.19 bits per heavy atom. The molecule has 0 bridgehead atoms. The number of phenols is 1. The lowest BCUT2D eigenvalue weighted by molar-refractivity contribution is -0.145. The molecule has 0 heterocycles. The van der Waals surface area contributed by atoms with Crippen molar-refractivity contribution in [2.45, 2.75) is 25.9 Å². The van der Waals surface area contributed by atoms with Crippen molar-refractivity contribution in [2.24, 2.45) is 0 Å². The van der Waals surface area contributed by atoms with Gasteiger partial charge in [0, 0.05) is 12.3 Å². The molecule has 16 heavy (non-hydrogen) atoms. The van der Waals surface area contributed by atoms with Gasteiger partial charge in [-0.25, -0.2) is 0 Å². The predicted octanol–water partition coefficient (Wildman–Crippen LogP) is 2.65. The molecule has 1 aromatic rings. The van der Waals surface area contributed by atoms with Gasteiger partial charge >= 0.3 is 5.97 Å². The summed E-state index contributed by atoms with van der Waals surface area (Å²) in [5.74, 6) is 0.0142. The van der Waals surface area contributed by atoms with Crippen molar-refractivity contribution in [1.29, 1.82) is 0 Å². The van der Waals surface area contributed by atoms with E-state index < -0.39 is 0 Å². The zero-order valence-electron chi connectivity index (χ0n) is 9.15. The third-order valence-electron chi connectivity index (χ3n) is 2.23. The maximum atomic E-state index is 10.8. The van der Waals surface area contributed by atoms with E-state index in [-0.39, 0.29) is 12.1 Å². The highest BCUT2D eigenvalue weighted by molar-refractivity contribution is 9.09. The fourth-order valence-electron chi connectivity index (χ4n) is 1.44. The number of hydrogen-bond acceptors (Lipinski definition) is 3. The number of rotatable bonds is 5. The topological polar surface area (TPSA) is 46.5 Å². The molecule has 0 fully saturated rings. The molecule has 0 aliphatic rings. The summed E-state index contributed by atoms with van der Waals surface area (Å²) in [5, 5.41) is 10.2. The number of phenolic OH excluding ortho intramolecular Hbond substituents is 1. The summed E-state index contributed by atoms with van der Waals surface area (Å²) in [5.41, 5.74) is 0.876.